The second-order valence-corrected chi connectivity index (χ2v) is 4.86. The van der Waals surface area contributed by atoms with Crippen LogP contribution in [0.15, 0.2) is 30.3 Å². The molecular weight excluding hydrogens is 214 g/mol. The average Bonchev–Trinajstić information content (AvgIpc) is 2.25. The summed E-state index contributed by atoms with van der Waals surface area (Å²) in [5.41, 5.74) is 1.19. The molecule has 0 bridgehead atoms. The van der Waals surface area contributed by atoms with Gasteiger partial charge >= 0.3 is 5.97 Å². The van der Waals surface area contributed by atoms with Gasteiger partial charge in [0.15, 0.2) is 0 Å². The molecule has 0 saturated heterocycles. The summed E-state index contributed by atoms with van der Waals surface area (Å²) >= 11 is 0. The number of nitrogens with zero attached hydrogens (tertiary/aromatic N) is 1. The summed E-state index contributed by atoms with van der Waals surface area (Å²) in [6.45, 7) is 4.39. The number of carbonyl (C=O) groups is 1. The molecule has 1 aromatic carbocycles. The van der Waals surface area contributed by atoms with E-state index in [9.17, 15) is 4.79 Å². The lowest BCUT2D eigenvalue weighted by atomic mass is 9.96. The first kappa shape index (κ1) is 13.7. The third-order valence-electron chi connectivity index (χ3n) is 2.80. The Morgan fingerprint density at radius 1 is 1.29 bits per heavy atom. The van der Waals surface area contributed by atoms with E-state index in [0.29, 0.717) is 5.92 Å². The van der Waals surface area contributed by atoms with E-state index in [4.69, 9.17) is 5.11 Å². The highest BCUT2D eigenvalue weighted by atomic mass is 16.4. The third-order valence-corrected chi connectivity index (χ3v) is 2.80. The smallest absolute Gasteiger partial charge is 0.317 e. The van der Waals surface area contributed by atoms with Gasteiger partial charge in [-0.15, -0.1) is 0 Å². The van der Waals surface area contributed by atoms with Crippen LogP contribution in [0.1, 0.15) is 31.9 Å². The van der Waals surface area contributed by atoms with Crippen molar-refractivity contribution in [3.63, 3.8) is 0 Å². The molecule has 0 aromatic heterocycles. The highest BCUT2D eigenvalue weighted by molar-refractivity contribution is 5.69. The monoisotopic (exact) mass is 235 g/mol. The van der Waals surface area contributed by atoms with Gasteiger partial charge in [0.2, 0.25) is 0 Å². The summed E-state index contributed by atoms with van der Waals surface area (Å²) in [5.74, 6) is -0.242. The van der Waals surface area contributed by atoms with Crippen molar-refractivity contribution in [1.82, 2.24) is 4.90 Å². The number of rotatable bonds is 6. The molecule has 0 aliphatic carbocycles. The number of aliphatic carboxylic acids is 1. The zero-order valence-corrected chi connectivity index (χ0v) is 10.8. The van der Waals surface area contributed by atoms with E-state index in [1.807, 2.05) is 30.1 Å². The maximum atomic E-state index is 10.8. The molecule has 1 aromatic rings. The number of carboxylic acid groups (broad SMARTS) is 1. The topological polar surface area (TPSA) is 40.5 Å². The van der Waals surface area contributed by atoms with Gasteiger partial charge in [0.25, 0.3) is 0 Å². The summed E-state index contributed by atoms with van der Waals surface area (Å²) in [4.78, 5) is 12.7. The molecule has 1 atom stereocenters. The van der Waals surface area contributed by atoms with Crippen LogP contribution in [0, 0.1) is 5.92 Å². The Balaban J connectivity index is 2.84. The van der Waals surface area contributed by atoms with Crippen molar-refractivity contribution in [2.75, 3.05) is 13.6 Å². The Morgan fingerprint density at radius 3 is 2.35 bits per heavy atom. The molecule has 0 fully saturated rings. The highest BCUT2D eigenvalue weighted by Crippen LogP contribution is 2.26. The van der Waals surface area contributed by atoms with Gasteiger partial charge in [-0.2, -0.15) is 0 Å². The summed E-state index contributed by atoms with van der Waals surface area (Å²) in [7, 11) is 1.87. The van der Waals surface area contributed by atoms with E-state index in [-0.39, 0.29) is 12.6 Å². The predicted molar refractivity (Wildman–Crippen MR) is 68.9 cm³/mol. The molecule has 3 heteroatoms. The van der Waals surface area contributed by atoms with E-state index in [1.165, 1.54) is 5.56 Å². The van der Waals surface area contributed by atoms with Crippen LogP contribution in [0.5, 0.6) is 0 Å². The van der Waals surface area contributed by atoms with Crippen LogP contribution < -0.4 is 0 Å². The average molecular weight is 235 g/mol. The molecule has 1 N–H and O–H groups in total. The van der Waals surface area contributed by atoms with Crippen molar-refractivity contribution in [2.24, 2.45) is 5.92 Å². The molecule has 0 aliphatic rings. The summed E-state index contributed by atoms with van der Waals surface area (Å²) in [6.07, 6.45) is 0.966. The van der Waals surface area contributed by atoms with Gasteiger partial charge in [-0.05, 0) is 24.9 Å². The van der Waals surface area contributed by atoms with E-state index >= 15 is 0 Å². The van der Waals surface area contributed by atoms with Gasteiger partial charge in [-0.3, -0.25) is 9.69 Å². The zero-order valence-electron chi connectivity index (χ0n) is 10.8. The minimum Gasteiger partial charge on any atom is -0.480 e. The van der Waals surface area contributed by atoms with Gasteiger partial charge in [0, 0.05) is 6.04 Å². The highest BCUT2D eigenvalue weighted by Gasteiger charge is 2.19. The minimum atomic E-state index is -0.780. The van der Waals surface area contributed by atoms with E-state index in [1.54, 1.807) is 0 Å². The van der Waals surface area contributed by atoms with Crippen LogP contribution in [0.4, 0.5) is 0 Å². The number of hydrogen-bond acceptors (Lipinski definition) is 2. The lowest BCUT2D eigenvalue weighted by Crippen LogP contribution is -2.31. The van der Waals surface area contributed by atoms with Crippen LogP contribution in [-0.2, 0) is 4.79 Å². The van der Waals surface area contributed by atoms with Crippen LogP contribution >= 0.6 is 0 Å². The predicted octanol–water partition coefficient (Wildman–Crippen LogP) is 2.79. The maximum Gasteiger partial charge on any atom is 0.317 e. The van der Waals surface area contributed by atoms with Crippen molar-refractivity contribution in [3.8, 4) is 0 Å². The van der Waals surface area contributed by atoms with Crippen molar-refractivity contribution >= 4 is 5.97 Å². The minimum absolute atomic E-state index is 0.0757. The number of carboxylic acids is 1. The summed E-state index contributed by atoms with van der Waals surface area (Å²) in [5, 5.41) is 8.87. The first-order chi connectivity index (χ1) is 8.00. The Kier molecular flexibility index (Phi) is 5.16. The Labute approximate surface area is 103 Å². The Hall–Kier alpha value is -1.35. The van der Waals surface area contributed by atoms with Crippen LogP contribution in [-0.4, -0.2) is 29.6 Å². The number of hydrogen-bond donors (Lipinski definition) is 1. The van der Waals surface area contributed by atoms with Gasteiger partial charge in [-0.1, -0.05) is 44.2 Å². The third kappa shape index (κ3) is 4.57. The van der Waals surface area contributed by atoms with E-state index in [0.717, 1.165) is 6.42 Å². The lowest BCUT2D eigenvalue weighted by molar-refractivity contribution is -0.138. The van der Waals surface area contributed by atoms with Crippen molar-refractivity contribution < 1.29 is 9.90 Å². The quantitative estimate of drug-likeness (QED) is 0.824. The van der Waals surface area contributed by atoms with Crippen LogP contribution in [0.3, 0.4) is 0 Å². The normalized spacial score (nSPS) is 13.0. The zero-order chi connectivity index (χ0) is 12.8. The molecule has 0 saturated carbocycles. The summed E-state index contributed by atoms with van der Waals surface area (Å²) < 4.78 is 0. The van der Waals surface area contributed by atoms with Crippen molar-refractivity contribution in [1.29, 1.82) is 0 Å². The second kappa shape index (κ2) is 6.40. The maximum absolute atomic E-state index is 10.8. The van der Waals surface area contributed by atoms with Gasteiger partial charge < -0.3 is 5.11 Å². The molecule has 94 valence electrons. The largest absolute Gasteiger partial charge is 0.480 e. The molecular formula is C14H21NO2. The van der Waals surface area contributed by atoms with Gasteiger partial charge in [0.1, 0.15) is 0 Å². The van der Waals surface area contributed by atoms with Crippen LogP contribution in [0.2, 0.25) is 0 Å². The molecule has 3 nitrogen and oxygen atoms in total. The number of likely N-dealkylation sites (N-methyl/N-ethyl adjacent to an activating group) is 1. The fourth-order valence-electron chi connectivity index (χ4n) is 2.02. The molecule has 0 aliphatic heterocycles. The molecule has 0 amide bonds. The molecule has 0 spiro atoms. The Morgan fingerprint density at radius 2 is 1.88 bits per heavy atom. The Bertz CT molecular complexity index is 348. The number of benzene rings is 1. The van der Waals surface area contributed by atoms with E-state index in [2.05, 4.69) is 26.0 Å². The fraction of sp³-hybridized carbons (Fsp3) is 0.500. The summed E-state index contributed by atoms with van der Waals surface area (Å²) in [6, 6.07) is 10.3. The van der Waals surface area contributed by atoms with Crippen LogP contribution in [0.25, 0.3) is 0 Å². The van der Waals surface area contributed by atoms with Crippen molar-refractivity contribution in [2.45, 2.75) is 26.3 Å². The fourth-order valence-corrected chi connectivity index (χ4v) is 2.02. The first-order valence-electron chi connectivity index (χ1n) is 5.97. The molecule has 1 rings (SSSR count). The van der Waals surface area contributed by atoms with Gasteiger partial charge in [0.05, 0.1) is 6.54 Å². The molecule has 0 heterocycles. The van der Waals surface area contributed by atoms with Crippen molar-refractivity contribution in [3.05, 3.63) is 35.9 Å². The van der Waals surface area contributed by atoms with E-state index < -0.39 is 5.97 Å². The lowest BCUT2D eigenvalue weighted by Gasteiger charge is -2.28. The van der Waals surface area contributed by atoms with Gasteiger partial charge in [-0.25, -0.2) is 0 Å². The SMILES string of the molecule is CC(C)CC(c1ccccc1)N(C)CC(=O)O. The molecule has 1 unspecified atom stereocenters. The standard InChI is InChI=1S/C14H21NO2/c1-11(2)9-13(15(3)10-14(16)17)12-7-5-4-6-8-12/h4-8,11,13H,9-10H2,1-3H3,(H,16,17). The first-order valence-corrected chi connectivity index (χ1v) is 5.97. The second-order valence-electron chi connectivity index (χ2n) is 4.86. The molecule has 0 radical (unpaired) electrons. The molecule has 17 heavy (non-hydrogen) atoms.